The van der Waals surface area contributed by atoms with Crippen LogP contribution in [-0.2, 0) is 19.2 Å². The van der Waals surface area contributed by atoms with Crippen molar-refractivity contribution in [3.8, 4) is 0 Å². The summed E-state index contributed by atoms with van der Waals surface area (Å²) in [6, 6.07) is -3.47. The second kappa shape index (κ2) is 11.5. The molecule has 0 aromatic heterocycles. The van der Waals surface area contributed by atoms with Crippen molar-refractivity contribution in [2.75, 3.05) is 13.1 Å². The molecular weight excluding hydrogens is 504 g/mol. The van der Waals surface area contributed by atoms with Crippen LogP contribution in [0.4, 0.5) is 4.79 Å². The van der Waals surface area contributed by atoms with Gasteiger partial charge in [0.1, 0.15) is 12.1 Å². The lowest BCUT2D eigenvalue weighted by atomic mass is 9.79. The van der Waals surface area contributed by atoms with E-state index in [4.69, 9.17) is 5.73 Å². The minimum atomic E-state index is -1.55. The third kappa shape index (κ3) is 7.09. The minimum absolute atomic E-state index is 0.0650. The SMILES string of the molecule is C=CC(=O)NC[C@H](NC(=O)NC(C)(C)C)C(=O)N1CC2[C@@H]([C@H]1C(=O)NC(CC1CCC1)C(O)C(N)=O)C2(C)C. The molecule has 6 amide bonds. The van der Waals surface area contributed by atoms with Gasteiger partial charge in [-0.2, -0.15) is 0 Å². The molecule has 0 aromatic carbocycles. The highest BCUT2D eigenvalue weighted by Crippen LogP contribution is 2.64. The molecule has 12 heteroatoms. The second-order valence-electron chi connectivity index (χ2n) is 12.7. The van der Waals surface area contributed by atoms with E-state index in [1.54, 1.807) is 20.8 Å². The molecule has 2 aliphatic carbocycles. The van der Waals surface area contributed by atoms with E-state index in [2.05, 4.69) is 27.8 Å². The molecule has 218 valence electrons. The van der Waals surface area contributed by atoms with Crippen LogP contribution in [0.15, 0.2) is 12.7 Å². The first kappa shape index (κ1) is 30.4. The first-order chi connectivity index (χ1) is 18.1. The van der Waals surface area contributed by atoms with Gasteiger partial charge in [0, 0.05) is 18.6 Å². The van der Waals surface area contributed by atoms with Gasteiger partial charge < -0.3 is 37.0 Å². The van der Waals surface area contributed by atoms with Crippen molar-refractivity contribution in [1.29, 1.82) is 0 Å². The first-order valence-electron chi connectivity index (χ1n) is 13.6. The normalized spacial score (nSPS) is 25.7. The van der Waals surface area contributed by atoms with Crippen LogP contribution in [0.3, 0.4) is 0 Å². The fourth-order valence-electron chi connectivity index (χ4n) is 5.84. The van der Waals surface area contributed by atoms with Gasteiger partial charge in [-0.05, 0) is 56.4 Å². The number of nitrogens with two attached hydrogens (primary N) is 1. The Balaban J connectivity index is 1.82. The molecule has 2 saturated carbocycles. The highest BCUT2D eigenvalue weighted by atomic mass is 16.3. The summed E-state index contributed by atoms with van der Waals surface area (Å²) in [5.41, 5.74) is 4.61. The Morgan fingerprint density at radius 1 is 1.15 bits per heavy atom. The minimum Gasteiger partial charge on any atom is -0.381 e. The van der Waals surface area contributed by atoms with Gasteiger partial charge in [0.15, 0.2) is 6.10 Å². The number of urea groups is 1. The van der Waals surface area contributed by atoms with E-state index in [0.29, 0.717) is 13.0 Å². The summed E-state index contributed by atoms with van der Waals surface area (Å²) in [7, 11) is 0. The maximum Gasteiger partial charge on any atom is 0.315 e. The van der Waals surface area contributed by atoms with Crippen molar-refractivity contribution in [1.82, 2.24) is 26.2 Å². The third-order valence-electron chi connectivity index (χ3n) is 8.33. The molecule has 3 fully saturated rings. The van der Waals surface area contributed by atoms with Crippen molar-refractivity contribution in [2.24, 2.45) is 28.9 Å². The largest absolute Gasteiger partial charge is 0.381 e. The van der Waals surface area contributed by atoms with E-state index in [-0.39, 0.29) is 29.7 Å². The Morgan fingerprint density at radius 2 is 1.79 bits per heavy atom. The number of primary amides is 1. The fourth-order valence-corrected chi connectivity index (χ4v) is 5.84. The number of carbonyl (C=O) groups excluding carboxylic acids is 5. The number of fused-ring (bicyclic) bond motifs is 1. The van der Waals surface area contributed by atoms with E-state index >= 15 is 0 Å². The van der Waals surface area contributed by atoms with Crippen LogP contribution < -0.4 is 27.0 Å². The molecule has 0 radical (unpaired) electrons. The zero-order chi connectivity index (χ0) is 29.3. The van der Waals surface area contributed by atoms with Gasteiger partial charge in [-0.25, -0.2) is 4.79 Å². The number of carbonyl (C=O) groups is 5. The summed E-state index contributed by atoms with van der Waals surface area (Å²) in [6.45, 7) is 13.0. The number of hydrogen-bond acceptors (Lipinski definition) is 6. The standard InChI is InChI=1S/C27H44N6O6/c1-7-18(34)29-12-17(31-25(39)32-26(2,3)4)24(38)33-13-15-19(27(15,5)6)20(33)23(37)30-16(21(35)22(28)36)11-14-9-8-10-14/h7,14-17,19-21,35H,1,8-13H2,2-6H3,(H2,28,36)(H,29,34)(H,30,37)(H2,31,32,39)/t15?,16?,17-,19-,20-,21?/m0/s1. The zero-order valence-electron chi connectivity index (χ0n) is 23.6. The Hall–Kier alpha value is -3.15. The predicted molar refractivity (Wildman–Crippen MR) is 144 cm³/mol. The number of aliphatic hydroxyl groups excluding tert-OH is 1. The summed E-state index contributed by atoms with van der Waals surface area (Å²) < 4.78 is 0. The van der Waals surface area contributed by atoms with Gasteiger partial charge in [-0.15, -0.1) is 0 Å². The number of amides is 6. The number of nitrogens with one attached hydrogen (secondary N) is 4. The van der Waals surface area contributed by atoms with Crippen LogP contribution in [0.1, 0.15) is 60.3 Å². The van der Waals surface area contributed by atoms with Gasteiger partial charge in [0.2, 0.25) is 23.6 Å². The van der Waals surface area contributed by atoms with Crippen molar-refractivity contribution in [2.45, 2.75) is 90.1 Å². The number of nitrogens with zero attached hydrogens (tertiary/aromatic N) is 1. The Morgan fingerprint density at radius 3 is 2.31 bits per heavy atom. The number of likely N-dealkylation sites (tertiary alicyclic amines) is 1. The highest BCUT2D eigenvalue weighted by molar-refractivity contribution is 5.94. The van der Waals surface area contributed by atoms with Crippen LogP contribution in [0.5, 0.6) is 0 Å². The Labute approximate surface area is 229 Å². The average Bonchev–Trinajstić information content (AvgIpc) is 3.14. The van der Waals surface area contributed by atoms with Crippen LogP contribution in [0.2, 0.25) is 0 Å². The second-order valence-corrected chi connectivity index (χ2v) is 12.7. The lowest BCUT2D eigenvalue weighted by Crippen LogP contribution is -2.61. The van der Waals surface area contributed by atoms with Crippen molar-refractivity contribution >= 4 is 29.7 Å². The van der Waals surface area contributed by atoms with Gasteiger partial charge >= 0.3 is 6.03 Å². The van der Waals surface area contributed by atoms with E-state index in [9.17, 15) is 29.1 Å². The first-order valence-corrected chi connectivity index (χ1v) is 13.6. The molecule has 3 unspecified atom stereocenters. The maximum absolute atomic E-state index is 13.8. The highest BCUT2D eigenvalue weighted by Gasteiger charge is 2.69. The quantitative estimate of drug-likeness (QED) is 0.194. The summed E-state index contributed by atoms with van der Waals surface area (Å²) in [6.07, 6.45) is 2.88. The molecule has 7 N–H and O–H groups in total. The van der Waals surface area contributed by atoms with Crippen molar-refractivity contribution in [3.63, 3.8) is 0 Å². The van der Waals surface area contributed by atoms with E-state index in [1.165, 1.54) is 4.90 Å². The van der Waals surface area contributed by atoms with E-state index in [0.717, 1.165) is 25.3 Å². The van der Waals surface area contributed by atoms with Gasteiger partial charge in [-0.1, -0.05) is 39.7 Å². The molecule has 0 aromatic rings. The molecule has 3 rings (SSSR count). The topological polar surface area (TPSA) is 183 Å². The van der Waals surface area contributed by atoms with E-state index < -0.39 is 59.4 Å². The van der Waals surface area contributed by atoms with Crippen LogP contribution in [0.25, 0.3) is 0 Å². The summed E-state index contributed by atoms with van der Waals surface area (Å²) in [5.74, 6) is -2.21. The van der Waals surface area contributed by atoms with Crippen LogP contribution in [-0.4, -0.2) is 82.5 Å². The van der Waals surface area contributed by atoms with Gasteiger partial charge in [-0.3, -0.25) is 19.2 Å². The third-order valence-corrected chi connectivity index (χ3v) is 8.33. The average molecular weight is 549 g/mol. The van der Waals surface area contributed by atoms with Gasteiger partial charge in [0.25, 0.3) is 0 Å². The number of aliphatic hydroxyl groups is 1. The van der Waals surface area contributed by atoms with Crippen molar-refractivity contribution in [3.05, 3.63) is 12.7 Å². The molecule has 1 heterocycles. The summed E-state index contributed by atoms with van der Waals surface area (Å²) in [5, 5.41) is 21.2. The molecular formula is C27H44N6O6. The molecule has 1 saturated heterocycles. The smallest absolute Gasteiger partial charge is 0.315 e. The molecule has 39 heavy (non-hydrogen) atoms. The zero-order valence-corrected chi connectivity index (χ0v) is 23.6. The molecule has 0 spiro atoms. The molecule has 1 aliphatic heterocycles. The summed E-state index contributed by atoms with van der Waals surface area (Å²) in [4.78, 5) is 65.2. The lowest BCUT2D eigenvalue weighted by Gasteiger charge is -2.36. The summed E-state index contributed by atoms with van der Waals surface area (Å²) >= 11 is 0. The monoisotopic (exact) mass is 548 g/mol. The van der Waals surface area contributed by atoms with E-state index in [1.807, 2.05) is 13.8 Å². The van der Waals surface area contributed by atoms with Crippen molar-refractivity contribution < 1.29 is 29.1 Å². The molecule has 12 nitrogen and oxygen atoms in total. The molecule has 6 atom stereocenters. The predicted octanol–water partition coefficient (Wildman–Crippen LogP) is -0.241. The van der Waals surface area contributed by atoms with Crippen LogP contribution in [0, 0.1) is 23.2 Å². The Bertz CT molecular complexity index is 1000. The number of piperidine rings is 1. The maximum atomic E-state index is 13.8. The number of hydrogen-bond donors (Lipinski definition) is 6. The number of rotatable bonds is 11. The van der Waals surface area contributed by atoms with Gasteiger partial charge in [0.05, 0.1) is 6.04 Å². The Kier molecular flexibility index (Phi) is 8.99. The lowest BCUT2D eigenvalue weighted by molar-refractivity contribution is -0.143. The molecule has 3 aliphatic rings. The fraction of sp³-hybridized carbons (Fsp3) is 0.741. The molecule has 0 bridgehead atoms. The van der Waals surface area contributed by atoms with Crippen LogP contribution >= 0.6 is 0 Å².